The van der Waals surface area contributed by atoms with Crippen LogP contribution in [0.5, 0.6) is 11.5 Å². The van der Waals surface area contributed by atoms with Crippen molar-refractivity contribution < 1.29 is 27.4 Å². The van der Waals surface area contributed by atoms with Crippen molar-refractivity contribution in [2.75, 3.05) is 25.5 Å². The number of anilines is 1. The first kappa shape index (κ1) is 21.5. The van der Waals surface area contributed by atoms with Gasteiger partial charge in [-0.2, -0.15) is 0 Å². The molecule has 0 fully saturated rings. The fourth-order valence-corrected chi connectivity index (χ4v) is 4.59. The number of carbonyl (C=O) groups is 1. The molecular weight excluding hydrogens is 408 g/mol. The number of rotatable bonds is 7. The summed E-state index contributed by atoms with van der Waals surface area (Å²) < 4.78 is 44.6. The third kappa shape index (κ3) is 3.93. The third-order valence-corrected chi connectivity index (χ3v) is 6.15. The van der Waals surface area contributed by atoms with E-state index in [0.717, 1.165) is 5.56 Å². The van der Waals surface area contributed by atoms with Gasteiger partial charge in [0, 0.05) is 11.5 Å². The maximum absolute atomic E-state index is 13.2. The summed E-state index contributed by atoms with van der Waals surface area (Å²) in [6.07, 6.45) is 0. The van der Waals surface area contributed by atoms with E-state index in [1.807, 2.05) is 6.92 Å². The second kappa shape index (κ2) is 8.27. The number of hydrogen-bond acceptors (Lipinski definition) is 6. The first-order valence-corrected chi connectivity index (χ1v) is 10.7. The number of carbonyl (C=O) groups excluding carboxylic acids is 1. The SMILES string of the molecule is CCOC(=O)c1[nH]c2cc(OC)c(OC)cc2c1NS(=O)(=O)c1ccc(C)cc1C. The van der Waals surface area contributed by atoms with Crippen LogP contribution in [0.1, 0.15) is 28.5 Å². The standard InChI is InChI=1S/C21H24N2O6S/c1-6-29-21(24)20-19(14-10-16(27-4)17(28-5)11-15(14)22-20)23-30(25,26)18-8-7-12(2)9-13(18)3/h7-11,22-23H,6H2,1-5H3. The Morgan fingerprint density at radius 3 is 2.33 bits per heavy atom. The number of aryl methyl sites for hydroxylation is 2. The molecule has 0 radical (unpaired) electrons. The summed E-state index contributed by atoms with van der Waals surface area (Å²) in [6.45, 7) is 5.42. The van der Waals surface area contributed by atoms with Crippen LogP contribution < -0.4 is 14.2 Å². The van der Waals surface area contributed by atoms with Gasteiger partial charge in [-0.25, -0.2) is 13.2 Å². The number of aromatic nitrogens is 1. The minimum atomic E-state index is -3.98. The van der Waals surface area contributed by atoms with Gasteiger partial charge in [0.2, 0.25) is 0 Å². The topological polar surface area (TPSA) is 107 Å². The highest BCUT2D eigenvalue weighted by molar-refractivity contribution is 7.92. The highest BCUT2D eigenvalue weighted by Crippen LogP contribution is 2.38. The predicted octanol–water partition coefficient (Wildman–Crippen LogP) is 3.78. The summed E-state index contributed by atoms with van der Waals surface area (Å²) in [5.41, 5.74) is 2.12. The molecule has 160 valence electrons. The van der Waals surface area contributed by atoms with Crippen molar-refractivity contribution in [2.45, 2.75) is 25.7 Å². The van der Waals surface area contributed by atoms with Gasteiger partial charge >= 0.3 is 5.97 Å². The van der Waals surface area contributed by atoms with Crippen molar-refractivity contribution in [1.82, 2.24) is 4.98 Å². The van der Waals surface area contributed by atoms with Crippen molar-refractivity contribution in [3.8, 4) is 11.5 Å². The number of sulfonamides is 1. The minimum absolute atomic E-state index is 0.00417. The Kier molecular flexibility index (Phi) is 5.93. The molecular formula is C21H24N2O6S. The zero-order valence-electron chi connectivity index (χ0n) is 17.5. The number of esters is 1. The highest BCUT2D eigenvalue weighted by atomic mass is 32.2. The first-order valence-electron chi connectivity index (χ1n) is 9.26. The molecule has 2 aromatic carbocycles. The smallest absolute Gasteiger partial charge is 0.356 e. The zero-order valence-corrected chi connectivity index (χ0v) is 18.3. The van der Waals surface area contributed by atoms with Crippen LogP contribution in [0.3, 0.4) is 0 Å². The molecule has 0 aliphatic carbocycles. The number of nitrogens with one attached hydrogen (secondary N) is 2. The summed E-state index contributed by atoms with van der Waals surface area (Å²) in [6, 6.07) is 8.27. The van der Waals surface area contributed by atoms with E-state index in [1.54, 1.807) is 38.1 Å². The number of aromatic amines is 1. The number of benzene rings is 2. The highest BCUT2D eigenvalue weighted by Gasteiger charge is 2.26. The second-order valence-corrected chi connectivity index (χ2v) is 8.37. The molecule has 3 aromatic rings. The molecule has 0 saturated heterocycles. The third-order valence-electron chi connectivity index (χ3n) is 4.64. The van der Waals surface area contributed by atoms with Crippen molar-refractivity contribution in [3.63, 3.8) is 0 Å². The Balaban J connectivity index is 2.21. The van der Waals surface area contributed by atoms with Gasteiger partial charge in [0.05, 0.1) is 36.9 Å². The zero-order chi connectivity index (χ0) is 22.1. The quantitative estimate of drug-likeness (QED) is 0.550. The number of fused-ring (bicyclic) bond motifs is 1. The molecule has 1 heterocycles. The average Bonchev–Trinajstić information content (AvgIpc) is 3.03. The molecule has 0 amide bonds. The van der Waals surface area contributed by atoms with Crippen LogP contribution in [0.15, 0.2) is 35.2 Å². The van der Waals surface area contributed by atoms with E-state index in [1.165, 1.54) is 20.3 Å². The average molecular weight is 432 g/mol. The lowest BCUT2D eigenvalue weighted by atomic mass is 10.2. The minimum Gasteiger partial charge on any atom is -0.493 e. The van der Waals surface area contributed by atoms with Crippen LogP contribution in [0.4, 0.5) is 5.69 Å². The van der Waals surface area contributed by atoms with Crippen molar-refractivity contribution >= 4 is 32.6 Å². The van der Waals surface area contributed by atoms with E-state index in [4.69, 9.17) is 14.2 Å². The number of hydrogen-bond donors (Lipinski definition) is 2. The van der Waals surface area contributed by atoms with Gasteiger partial charge < -0.3 is 19.2 Å². The molecule has 0 bridgehead atoms. The Morgan fingerprint density at radius 1 is 1.07 bits per heavy atom. The largest absolute Gasteiger partial charge is 0.493 e. The molecule has 2 N–H and O–H groups in total. The Labute approximate surface area is 175 Å². The van der Waals surface area contributed by atoms with E-state index in [0.29, 0.717) is 28.0 Å². The van der Waals surface area contributed by atoms with Crippen molar-refractivity contribution in [3.05, 3.63) is 47.2 Å². The maximum atomic E-state index is 13.2. The Bertz CT molecular complexity index is 1210. The second-order valence-electron chi connectivity index (χ2n) is 6.72. The van der Waals surface area contributed by atoms with Crippen LogP contribution in [0.25, 0.3) is 10.9 Å². The van der Waals surface area contributed by atoms with Gasteiger partial charge in [0.25, 0.3) is 10.0 Å². The molecule has 0 atom stereocenters. The van der Waals surface area contributed by atoms with Gasteiger partial charge in [0.15, 0.2) is 17.2 Å². The molecule has 3 rings (SSSR count). The number of H-pyrrole nitrogens is 1. The maximum Gasteiger partial charge on any atom is 0.356 e. The van der Waals surface area contributed by atoms with E-state index in [9.17, 15) is 13.2 Å². The van der Waals surface area contributed by atoms with Gasteiger partial charge in [-0.05, 0) is 38.5 Å². The van der Waals surface area contributed by atoms with Gasteiger partial charge in [-0.15, -0.1) is 0 Å². The summed E-state index contributed by atoms with van der Waals surface area (Å²) in [4.78, 5) is 15.6. The van der Waals surface area contributed by atoms with Crippen LogP contribution in [0.2, 0.25) is 0 Å². The Hall–Kier alpha value is -3.20. The van der Waals surface area contributed by atoms with Crippen LogP contribution >= 0.6 is 0 Å². The van der Waals surface area contributed by atoms with Crippen LogP contribution in [0, 0.1) is 13.8 Å². The van der Waals surface area contributed by atoms with E-state index in [-0.39, 0.29) is 22.9 Å². The number of methoxy groups -OCH3 is 2. The molecule has 9 heteroatoms. The fourth-order valence-electron chi connectivity index (χ4n) is 3.27. The monoisotopic (exact) mass is 432 g/mol. The Morgan fingerprint density at radius 2 is 1.73 bits per heavy atom. The van der Waals surface area contributed by atoms with E-state index < -0.39 is 16.0 Å². The summed E-state index contributed by atoms with van der Waals surface area (Å²) >= 11 is 0. The fraction of sp³-hybridized carbons (Fsp3) is 0.286. The number of ether oxygens (including phenoxy) is 3. The van der Waals surface area contributed by atoms with E-state index >= 15 is 0 Å². The lowest BCUT2D eigenvalue weighted by Crippen LogP contribution is -2.17. The van der Waals surface area contributed by atoms with E-state index in [2.05, 4.69) is 9.71 Å². The summed E-state index contributed by atoms with van der Waals surface area (Å²) in [5.74, 6) is 0.154. The van der Waals surface area contributed by atoms with Crippen molar-refractivity contribution in [2.24, 2.45) is 0 Å². The summed E-state index contributed by atoms with van der Waals surface area (Å²) in [5, 5.41) is 0.448. The lowest BCUT2D eigenvalue weighted by Gasteiger charge is -2.12. The van der Waals surface area contributed by atoms with Crippen LogP contribution in [-0.2, 0) is 14.8 Å². The lowest BCUT2D eigenvalue weighted by molar-refractivity contribution is 0.0522. The molecule has 30 heavy (non-hydrogen) atoms. The molecule has 0 saturated carbocycles. The normalized spacial score (nSPS) is 11.4. The molecule has 0 spiro atoms. The summed E-state index contributed by atoms with van der Waals surface area (Å²) in [7, 11) is -1.02. The molecule has 0 aliphatic rings. The first-order chi connectivity index (χ1) is 14.2. The van der Waals surface area contributed by atoms with Gasteiger partial charge in [-0.3, -0.25) is 4.72 Å². The molecule has 8 nitrogen and oxygen atoms in total. The van der Waals surface area contributed by atoms with Crippen molar-refractivity contribution in [1.29, 1.82) is 0 Å². The molecule has 0 unspecified atom stereocenters. The van der Waals surface area contributed by atoms with Crippen LogP contribution in [-0.4, -0.2) is 40.2 Å². The van der Waals surface area contributed by atoms with Gasteiger partial charge in [0.1, 0.15) is 0 Å². The predicted molar refractivity (Wildman–Crippen MR) is 114 cm³/mol. The van der Waals surface area contributed by atoms with Gasteiger partial charge in [-0.1, -0.05) is 17.7 Å². The molecule has 1 aromatic heterocycles. The molecule has 0 aliphatic heterocycles.